The lowest BCUT2D eigenvalue weighted by Crippen LogP contribution is -2.40. The first-order valence-electron chi connectivity index (χ1n) is 10.3. The molecule has 1 amide bonds. The van der Waals surface area contributed by atoms with E-state index >= 15 is 0 Å². The first-order valence-corrected chi connectivity index (χ1v) is 11.7. The van der Waals surface area contributed by atoms with Crippen LogP contribution in [0.5, 0.6) is 17.2 Å². The number of fused-ring (bicyclic) bond motifs is 1. The number of hydrogen-bond acceptors (Lipinski definition) is 6. The highest BCUT2D eigenvalue weighted by Crippen LogP contribution is 2.33. The number of benzene rings is 2. The molecule has 0 aliphatic carbocycles. The van der Waals surface area contributed by atoms with Crippen LogP contribution in [0, 0.1) is 0 Å². The van der Waals surface area contributed by atoms with Crippen molar-refractivity contribution in [2.24, 2.45) is 0 Å². The van der Waals surface area contributed by atoms with Crippen molar-refractivity contribution < 1.29 is 27.4 Å². The molecule has 0 aromatic heterocycles. The first-order chi connectivity index (χ1) is 14.8. The number of ether oxygens (including phenoxy) is 3. The minimum Gasteiger partial charge on any atom is -0.489 e. The van der Waals surface area contributed by atoms with Crippen LogP contribution < -0.4 is 19.5 Å². The maximum absolute atomic E-state index is 12.9. The average Bonchev–Trinajstić information content (AvgIpc) is 2.74. The van der Waals surface area contributed by atoms with Gasteiger partial charge in [0.2, 0.25) is 16.1 Å². The molecule has 0 radical (unpaired) electrons. The van der Waals surface area contributed by atoms with Crippen molar-refractivity contribution in [3.8, 4) is 17.2 Å². The van der Waals surface area contributed by atoms with E-state index in [1.807, 2.05) is 19.9 Å². The van der Waals surface area contributed by atoms with Crippen LogP contribution in [0.25, 0.3) is 0 Å². The fourth-order valence-electron chi connectivity index (χ4n) is 3.20. The Balaban J connectivity index is 1.88. The monoisotopic (exact) mass is 448 g/mol. The van der Waals surface area contributed by atoms with Crippen molar-refractivity contribution in [1.29, 1.82) is 0 Å². The van der Waals surface area contributed by atoms with Gasteiger partial charge in [0.15, 0.2) is 11.5 Å². The van der Waals surface area contributed by atoms with Crippen molar-refractivity contribution in [2.75, 3.05) is 25.0 Å². The number of carbonyl (C=O) groups is 1. The standard InChI is InChI=1S/C22H28N2O6S/c1-5-24(6-2)31(26,27)16-11-12-18(29-15(3)4)17(13-16)23-22(25)21-14-28-19-9-7-8-10-20(19)30-21/h7-13,15,21H,5-6,14H2,1-4H3,(H,23,25). The molecule has 168 valence electrons. The van der Waals surface area contributed by atoms with Crippen molar-refractivity contribution in [2.45, 2.75) is 44.8 Å². The van der Waals surface area contributed by atoms with Gasteiger partial charge in [-0.25, -0.2) is 8.42 Å². The van der Waals surface area contributed by atoms with Crippen LogP contribution >= 0.6 is 0 Å². The van der Waals surface area contributed by atoms with Gasteiger partial charge in [0.05, 0.1) is 16.7 Å². The number of hydrogen-bond donors (Lipinski definition) is 1. The minimum absolute atomic E-state index is 0.0423. The molecular formula is C22H28N2O6S. The summed E-state index contributed by atoms with van der Waals surface area (Å²) in [5, 5.41) is 2.75. The molecule has 0 saturated heterocycles. The van der Waals surface area contributed by atoms with E-state index in [-0.39, 0.29) is 23.3 Å². The first kappa shape index (κ1) is 22.9. The zero-order chi connectivity index (χ0) is 22.6. The predicted octanol–water partition coefficient (Wildman–Crippen LogP) is 3.28. The summed E-state index contributed by atoms with van der Waals surface area (Å²) in [6.45, 7) is 7.98. The van der Waals surface area contributed by atoms with E-state index in [2.05, 4.69) is 5.32 Å². The van der Waals surface area contributed by atoms with Crippen LogP contribution in [-0.4, -0.2) is 50.5 Å². The number of anilines is 1. The molecule has 1 atom stereocenters. The van der Waals surface area contributed by atoms with Crippen LogP contribution in [0.1, 0.15) is 27.7 Å². The van der Waals surface area contributed by atoms with E-state index < -0.39 is 22.0 Å². The number of para-hydroxylation sites is 2. The van der Waals surface area contributed by atoms with Gasteiger partial charge in [-0.05, 0) is 44.2 Å². The Labute approximate surface area is 183 Å². The Hall–Kier alpha value is -2.78. The molecule has 8 nitrogen and oxygen atoms in total. The summed E-state index contributed by atoms with van der Waals surface area (Å²) in [5.41, 5.74) is 0.259. The summed E-state index contributed by atoms with van der Waals surface area (Å²) in [4.78, 5) is 13.0. The minimum atomic E-state index is -3.70. The zero-order valence-electron chi connectivity index (χ0n) is 18.1. The second kappa shape index (κ2) is 9.57. The third-order valence-corrected chi connectivity index (χ3v) is 6.76. The Morgan fingerprint density at radius 2 is 1.84 bits per heavy atom. The predicted molar refractivity (Wildman–Crippen MR) is 117 cm³/mol. The van der Waals surface area contributed by atoms with Gasteiger partial charge < -0.3 is 19.5 Å². The fourth-order valence-corrected chi connectivity index (χ4v) is 4.68. The van der Waals surface area contributed by atoms with Crippen molar-refractivity contribution in [3.63, 3.8) is 0 Å². The lowest BCUT2D eigenvalue weighted by Gasteiger charge is -2.26. The zero-order valence-corrected chi connectivity index (χ0v) is 18.9. The summed E-state index contributed by atoms with van der Waals surface area (Å²) in [6.07, 6.45) is -1.05. The van der Waals surface area contributed by atoms with Gasteiger partial charge >= 0.3 is 0 Å². The van der Waals surface area contributed by atoms with E-state index in [0.29, 0.717) is 30.3 Å². The Morgan fingerprint density at radius 3 is 2.48 bits per heavy atom. The molecule has 0 saturated carbocycles. The summed E-state index contributed by atoms with van der Waals surface area (Å²) < 4.78 is 44.4. The highest BCUT2D eigenvalue weighted by Gasteiger charge is 2.29. The molecule has 1 unspecified atom stereocenters. The second-order valence-electron chi connectivity index (χ2n) is 7.27. The number of amides is 1. The molecule has 2 aromatic carbocycles. The van der Waals surface area contributed by atoms with E-state index in [1.54, 1.807) is 38.1 Å². The molecule has 0 fully saturated rings. The number of nitrogens with one attached hydrogen (secondary N) is 1. The molecule has 1 N–H and O–H groups in total. The highest BCUT2D eigenvalue weighted by molar-refractivity contribution is 7.89. The Kier molecular flexibility index (Phi) is 7.07. The van der Waals surface area contributed by atoms with Crippen molar-refractivity contribution in [1.82, 2.24) is 4.31 Å². The lowest BCUT2D eigenvalue weighted by molar-refractivity contribution is -0.125. The van der Waals surface area contributed by atoms with Crippen LogP contribution in [0.15, 0.2) is 47.4 Å². The highest BCUT2D eigenvalue weighted by atomic mass is 32.2. The normalized spacial score (nSPS) is 15.7. The fraction of sp³-hybridized carbons (Fsp3) is 0.409. The van der Waals surface area contributed by atoms with E-state index in [1.165, 1.54) is 16.4 Å². The van der Waals surface area contributed by atoms with Gasteiger partial charge in [0, 0.05) is 13.1 Å². The van der Waals surface area contributed by atoms with Gasteiger partial charge in [-0.15, -0.1) is 0 Å². The molecule has 1 aliphatic heterocycles. The molecule has 1 aliphatic rings. The number of carbonyl (C=O) groups excluding carboxylic acids is 1. The van der Waals surface area contributed by atoms with E-state index in [0.717, 1.165) is 0 Å². The van der Waals surface area contributed by atoms with E-state index in [9.17, 15) is 13.2 Å². The summed E-state index contributed by atoms with van der Waals surface area (Å²) in [5.74, 6) is 0.965. The molecule has 0 bridgehead atoms. The van der Waals surface area contributed by atoms with Crippen LogP contribution in [0.2, 0.25) is 0 Å². The third-order valence-electron chi connectivity index (χ3n) is 4.72. The maximum atomic E-state index is 12.9. The second-order valence-corrected chi connectivity index (χ2v) is 9.21. The Morgan fingerprint density at radius 1 is 1.16 bits per heavy atom. The molecule has 1 heterocycles. The Bertz CT molecular complexity index is 1030. The summed E-state index contributed by atoms with van der Waals surface area (Å²) in [6, 6.07) is 11.6. The summed E-state index contributed by atoms with van der Waals surface area (Å²) >= 11 is 0. The van der Waals surface area contributed by atoms with Gasteiger partial charge in [-0.3, -0.25) is 4.79 Å². The topological polar surface area (TPSA) is 94.2 Å². The number of nitrogens with zero attached hydrogens (tertiary/aromatic N) is 1. The van der Waals surface area contributed by atoms with Crippen LogP contribution in [0.3, 0.4) is 0 Å². The third kappa shape index (κ3) is 5.11. The molecule has 31 heavy (non-hydrogen) atoms. The molecular weight excluding hydrogens is 420 g/mol. The van der Waals surface area contributed by atoms with Crippen molar-refractivity contribution >= 4 is 21.6 Å². The van der Waals surface area contributed by atoms with Gasteiger partial charge in [0.25, 0.3) is 5.91 Å². The largest absolute Gasteiger partial charge is 0.489 e. The molecule has 9 heteroatoms. The maximum Gasteiger partial charge on any atom is 0.269 e. The van der Waals surface area contributed by atoms with Gasteiger partial charge in [-0.2, -0.15) is 4.31 Å². The van der Waals surface area contributed by atoms with Gasteiger partial charge in [-0.1, -0.05) is 26.0 Å². The smallest absolute Gasteiger partial charge is 0.269 e. The summed E-state index contributed by atoms with van der Waals surface area (Å²) in [7, 11) is -3.70. The van der Waals surface area contributed by atoms with E-state index in [4.69, 9.17) is 14.2 Å². The lowest BCUT2D eigenvalue weighted by atomic mass is 10.2. The molecule has 0 spiro atoms. The number of rotatable bonds is 8. The van der Waals surface area contributed by atoms with Crippen LogP contribution in [0.4, 0.5) is 5.69 Å². The van der Waals surface area contributed by atoms with Crippen LogP contribution in [-0.2, 0) is 14.8 Å². The SMILES string of the molecule is CCN(CC)S(=O)(=O)c1ccc(OC(C)C)c(NC(=O)C2COc3ccccc3O2)c1. The average molecular weight is 449 g/mol. The van der Waals surface area contributed by atoms with Gasteiger partial charge in [0.1, 0.15) is 12.4 Å². The quantitative estimate of drug-likeness (QED) is 0.666. The van der Waals surface area contributed by atoms with Crippen molar-refractivity contribution in [3.05, 3.63) is 42.5 Å². The number of sulfonamides is 1. The molecule has 3 rings (SSSR count). The molecule has 2 aromatic rings.